The first-order chi connectivity index (χ1) is 16.6. The van der Waals surface area contributed by atoms with Crippen molar-refractivity contribution in [3.63, 3.8) is 0 Å². The summed E-state index contributed by atoms with van der Waals surface area (Å²) in [6, 6.07) is 17.8. The number of hydrogen-bond acceptors (Lipinski definition) is 7. The van der Waals surface area contributed by atoms with Crippen molar-refractivity contribution in [2.75, 3.05) is 11.7 Å². The number of rotatable bonds is 3. The molecule has 8 nitrogen and oxygen atoms in total. The maximum absolute atomic E-state index is 13.4. The summed E-state index contributed by atoms with van der Waals surface area (Å²) in [5.74, 6) is -0.966. The number of carbonyl (C=O) groups excluding carboxylic acids is 1. The summed E-state index contributed by atoms with van der Waals surface area (Å²) in [6.45, 7) is 0.486. The van der Waals surface area contributed by atoms with E-state index in [1.165, 1.54) is 35.1 Å². The van der Waals surface area contributed by atoms with Crippen molar-refractivity contribution in [2.24, 2.45) is 0 Å². The highest BCUT2D eigenvalue weighted by atomic mass is 32.1. The van der Waals surface area contributed by atoms with Crippen LogP contribution in [0.2, 0.25) is 0 Å². The lowest BCUT2D eigenvalue weighted by atomic mass is 9.94. The lowest BCUT2D eigenvalue weighted by Crippen LogP contribution is -2.55. The molecule has 2 aromatic heterocycles. The lowest BCUT2D eigenvalue weighted by molar-refractivity contribution is 0.0665. The first-order valence-corrected chi connectivity index (χ1v) is 11.8. The van der Waals surface area contributed by atoms with Crippen LogP contribution >= 0.6 is 11.5 Å². The van der Waals surface area contributed by atoms with Crippen LogP contribution in [-0.2, 0) is 19.4 Å². The van der Waals surface area contributed by atoms with Gasteiger partial charge in [0.2, 0.25) is 5.43 Å². The molecule has 9 heteroatoms. The quantitative estimate of drug-likeness (QED) is 0.494. The van der Waals surface area contributed by atoms with Gasteiger partial charge in [0.05, 0.1) is 12.6 Å². The number of carbonyl (C=O) groups is 1. The average Bonchev–Trinajstić information content (AvgIpc) is 3.31. The van der Waals surface area contributed by atoms with E-state index >= 15 is 0 Å². The van der Waals surface area contributed by atoms with Gasteiger partial charge in [0, 0.05) is 12.3 Å². The summed E-state index contributed by atoms with van der Waals surface area (Å²) in [4.78, 5) is 31.6. The minimum Gasteiger partial charge on any atom is -0.502 e. The van der Waals surface area contributed by atoms with Crippen LogP contribution in [0.3, 0.4) is 0 Å². The number of nitrogens with zero attached hydrogens (tertiary/aromatic N) is 5. The van der Waals surface area contributed by atoms with Gasteiger partial charge in [0.15, 0.2) is 11.4 Å². The van der Waals surface area contributed by atoms with E-state index in [1.54, 1.807) is 15.8 Å². The summed E-state index contributed by atoms with van der Waals surface area (Å²) in [5, 5.41) is 13.4. The molecule has 2 aliphatic rings. The zero-order chi connectivity index (χ0) is 23.2. The van der Waals surface area contributed by atoms with Crippen LogP contribution in [0.5, 0.6) is 5.75 Å². The number of amides is 1. The third-order valence-corrected chi connectivity index (χ3v) is 7.18. The van der Waals surface area contributed by atoms with Crippen molar-refractivity contribution in [2.45, 2.75) is 25.4 Å². The highest BCUT2D eigenvalue weighted by molar-refractivity contribution is 7.05. The Labute approximate surface area is 199 Å². The van der Waals surface area contributed by atoms with E-state index in [9.17, 15) is 14.7 Å². The Balaban J connectivity index is 1.57. The largest absolute Gasteiger partial charge is 0.502 e. The molecule has 0 fully saturated rings. The van der Waals surface area contributed by atoms with Gasteiger partial charge in [-0.3, -0.25) is 19.3 Å². The fourth-order valence-electron chi connectivity index (χ4n) is 4.96. The molecule has 0 saturated carbocycles. The Kier molecular flexibility index (Phi) is 4.91. The molecule has 6 rings (SSSR count). The molecule has 0 saturated heterocycles. The smallest absolute Gasteiger partial charge is 0.278 e. The Morgan fingerprint density at radius 2 is 1.65 bits per heavy atom. The van der Waals surface area contributed by atoms with Gasteiger partial charge in [0.1, 0.15) is 18.0 Å². The van der Waals surface area contributed by atoms with Gasteiger partial charge in [-0.1, -0.05) is 48.5 Å². The molecular weight excluding hydrogens is 450 g/mol. The van der Waals surface area contributed by atoms with Crippen LogP contribution < -0.4 is 10.4 Å². The third-order valence-electron chi connectivity index (χ3n) is 6.53. The van der Waals surface area contributed by atoms with Crippen LogP contribution in [0.25, 0.3) is 0 Å². The van der Waals surface area contributed by atoms with Gasteiger partial charge in [0.25, 0.3) is 5.91 Å². The average molecular weight is 472 g/mol. The van der Waals surface area contributed by atoms with Gasteiger partial charge in [-0.15, -0.1) is 0 Å². The predicted octanol–water partition coefficient (Wildman–Crippen LogP) is 2.85. The van der Waals surface area contributed by atoms with Crippen LogP contribution in [-0.4, -0.2) is 36.6 Å². The zero-order valence-corrected chi connectivity index (χ0v) is 19.0. The topological polar surface area (TPSA) is 91.6 Å². The van der Waals surface area contributed by atoms with Gasteiger partial charge >= 0.3 is 0 Å². The predicted molar refractivity (Wildman–Crippen MR) is 127 cm³/mol. The lowest BCUT2D eigenvalue weighted by Gasteiger charge is -2.44. The van der Waals surface area contributed by atoms with Crippen molar-refractivity contribution < 1.29 is 9.90 Å². The normalized spacial score (nSPS) is 15.5. The van der Waals surface area contributed by atoms with Crippen LogP contribution in [0, 0.1) is 0 Å². The van der Waals surface area contributed by atoms with Crippen molar-refractivity contribution in [3.05, 3.63) is 110 Å². The molecule has 0 bridgehead atoms. The molecule has 4 aromatic rings. The summed E-state index contributed by atoms with van der Waals surface area (Å²) < 4.78 is 5.68. The molecular formula is C25H21N5O3S. The third kappa shape index (κ3) is 3.28. The second kappa shape index (κ2) is 8.11. The molecule has 0 atom stereocenters. The zero-order valence-electron chi connectivity index (χ0n) is 18.2. The first-order valence-electron chi connectivity index (χ1n) is 11.0. The fraction of sp³-hybridized carbons (Fsp3) is 0.200. The molecule has 1 N–H and O–H groups in total. The number of hydrogen-bond donors (Lipinski definition) is 1. The number of aryl methyl sites for hydroxylation is 2. The monoisotopic (exact) mass is 471 g/mol. The van der Waals surface area contributed by atoms with E-state index in [0.717, 1.165) is 24.0 Å². The molecule has 1 aliphatic carbocycles. The standard InChI is InChI=1S/C25H21N5O3S/c31-20-11-12-29-23(24(20)32)25(33)28(13-21-26-14-27-34-21)15-30(29)22-18-7-3-1-5-16(18)9-10-17-6-2-4-8-19(17)22/h1-8,11-12,14,22,32H,9-10,13,15H2. The second-order valence-corrected chi connectivity index (χ2v) is 9.31. The molecule has 0 spiro atoms. The van der Waals surface area contributed by atoms with E-state index in [2.05, 4.69) is 33.6 Å². The van der Waals surface area contributed by atoms with E-state index in [-0.39, 0.29) is 24.9 Å². The summed E-state index contributed by atoms with van der Waals surface area (Å²) >= 11 is 1.22. The SMILES string of the molecule is O=C1c2c(O)c(=O)ccn2N(C2c3ccccc3CCc3ccccc32)CN1Cc1ncns1. The van der Waals surface area contributed by atoms with Crippen molar-refractivity contribution in [1.29, 1.82) is 0 Å². The Morgan fingerprint density at radius 1 is 0.971 bits per heavy atom. The molecule has 3 heterocycles. The molecule has 34 heavy (non-hydrogen) atoms. The highest BCUT2D eigenvalue weighted by Crippen LogP contribution is 2.38. The van der Waals surface area contributed by atoms with E-state index in [0.29, 0.717) is 5.01 Å². The summed E-state index contributed by atoms with van der Waals surface area (Å²) in [6.07, 6.45) is 4.86. The molecule has 2 aromatic carbocycles. The fourth-order valence-corrected chi connectivity index (χ4v) is 5.48. The number of benzene rings is 2. The Morgan fingerprint density at radius 3 is 2.29 bits per heavy atom. The van der Waals surface area contributed by atoms with Crippen LogP contribution in [0.15, 0.2) is 71.9 Å². The molecule has 1 amide bonds. The summed E-state index contributed by atoms with van der Waals surface area (Å²) in [7, 11) is 0. The van der Waals surface area contributed by atoms with Crippen molar-refractivity contribution in [1.82, 2.24) is 18.9 Å². The maximum atomic E-state index is 13.4. The maximum Gasteiger partial charge on any atom is 0.278 e. The van der Waals surface area contributed by atoms with Crippen LogP contribution in [0.4, 0.5) is 0 Å². The van der Waals surface area contributed by atoms with Gasteiger partial charge in [-0.25, -0.2) is 4.98 Å². The first kappa shape index (κ1) is 20.6. The van der Waals surface area contributed by atoms with Crippen molar-refractivity contribution >= 4 is 17.4 Å². The van der Waals surface area contributed by atoms with E-state index < -0.39 is 17.1 Å². The number of fused-ring (bicyclic) bond motifs is 3. The Bertz CT molecular complexity index is 1400. The second-order valence-electron chi connectivity index (χ2n) is 8.44. The summed E-state index contributed by atoms with van der Waals surface area (Å²) in [5.41, 5.74) is 4.14. The van der Waals surface area contributed by atoms with E-state index in [1.807, 2.05) is 29.3 Å². The molecule has 1 aliphatic heterocycles. The number of aromatic nitrogens is 3. The highest BCUT2D eigenvalue weighted by Gasteiger charge is 2.38. The molecule has 170 valence electrons. The number of aromatic hydroxyl groups is 1. The van der Waals surface area contributed by atoms with Crippen molar-refractivity contribution in [3.8, 4) is 5.75 Å². The Hall–Kier alpha value is -3.98. The van der Waals surface area contributed by atoms with Crippen LogP contribution in [0.1, 0.15) is 43.8 Å². The van der Waals surface area contributed by atoms with E-state index in [4.69, 9.17) is 0 Å². The van der Waals surface area contributed by atoms with Gasteiger partial charge in [-0.05, 0) is 46.6 Å². The molecule has 0 unspecified atom stereocenters. The van der Waals surface area contributed by atoms with Gasteiger partial charge in [-0.2, -0.15) is 4.37 Å². The minimum atomic E-state index is -0.584. The molecule has 0 radical (unpaired) electrons. The van der Waals surface area contributed by atoms with Gasteiger partial charge < -0.3 is 10.0 Å². The minimum absolute atomic E-state index is 0.0394. The number of pyridine rings is 1.